The number of rotatable bonds is 4. The number of fused-ring (bicyclic) bond motifs is 1. The highest BCUT2D eigenvalue weighted by Crippen LogP contribution is 2.34. The molecule has 7 heteroatoms. The highest BCUT2D eigenvalue weighted by Gasteiger charge is 2.25. The van der Waals surface area contributed by atoms with E-state index in [9.17, 15) is 4.39 Å². The third-order valence-electron chi connectivity index (χ3n) is 6.12. The molecule has 1 fully saturated rings. The van der Waals surface area contributed by atoms with Crippen LogP contribution in [0.5, 0.6) is 0 Å². The minimum Gasteiger partial charge on any atom is -0.383 e. The normalized spacial score (nSPS) is 15.0. The molecular weight excluding hydrogens is 391 g/mol. The largest absolute Gasteiger partial charge is 0.383 e. The van der Waals surface area contributed by atoms with Crippen molar-refractivity contribution in [1.82, 2.24) is 19.7 Å². The Labute approximate surface area is 180 Å². The van der Waals surface area contributed by atoms with Gasteiger partial charge in [0, 0.05) is 25.7 Å². The number of anilines is 2. The first kappa shape index (κ1) is 19.5. The number of nitrogens with zero attached hydrogens (tertiary/aromatic N) is 5. The number of hydrogen-bond acceptors (Lipinski definition) is 5. The van der Waals surface area contributed by atoms with Crippen LogP contribution in [0, 0.1) is 11.7 Å². The molecule has 0 unspecified atom stereocenters. The maximum Gasteiger partial charge on any atom is 0.228 e. The topological polar surface area (TPSA) is 72.9 Å². The number of hydrogen-bond donors (Lipinski definition) is 1. The van der Waals surface area contributed by atoms with Gasteiger partial charge >= 0.3 is 0 Å². The summed E-state index contributed by atoms with van der Waals surface area (Å²) in [6.45, 7) is 1.73. The minimum atomic E-state index is -0.335. The first-order valence-corrected chi connectivity index (χ1v) is 10.6. The second-order valence-corrected chi connectivity index (χ2v) is 8.18. The lowest BCUT2D eigenvalue weighted by Gasteiger charge is -2.32. The smallest absolute Gasteiger partial charge is 0.228 e. The molecule has 4 aromatic rings. The predicted molar refractivity (Wildman–Crippen MR) is 121 cm³/mol. The summed E-state index contributed by atoms with van der Waals surface area (Å²) in [6.07, 6.45) is 3.22. The molecule has 2 aromatic carbocycles. The molecule has 1 aliphatic rings. The number of piperidine rings is 1. The fraction of sp³-hybridized carbons (Fsp3) is 0.292. The summed E-state index contributed by atoms with van der Waals surface area (Å²) in [7, 11) is 1.76. The molecule has 5 rings (SSSR count). The summed E-state index contributed by atoms with van der Waals surface area (Å²) in [6, 6.07) is 17.2. The summed E-state index contributed by atoms with van der Waals surface area (Å²) in [4.78, 5) is 11.6. The SMILES string of the molecule is Cn1nc2nc(N3CCC(Cc4ccccc4)CC3)nc(-c3ccccc3F)c2c1N. The molecular formula is C24H25FN6. The highest BCUT2D eigenvalue weighted by molar-refractivity contribution is 5.99. The molecule has 1 aliphatic heterocycles. The first-order valence-electron chi connectivity index (χ1n) is 10.6. The van der Waals surface area contributed by atoms with E-state index in [2.05, 4.69) is 45.3 Å². The van der Waals surface area contributed by atoms with E-state index in [-0.39, 0.29) is 5.82 Å². The molecule has 0 aliphatic carbocycles. The molecule has 2 aromatic heterocycles. The van der Waals surface area contributed by atoms with E-state index in [0.717, 1.165) is 32.4 Å². The monoisotopic (exact) mass is 416 g/mol. The average molecular weight is 417 g/mol. The van der Waals surface area contributed by atoms with E-state index in [0.29, 0.717) is 40.0 Å². The van der Waals surface area contributed by atoms with Crippen LogP contribution in [0.15, 0.2) is 54.6 Å². The quantitative estimate of drug-likeness (QED) is 0.540. The fourth-order valence-corrected chi connectivity index (χ4v) is 4.38. The number of nitrogen functional groups attached to an aromatic ring is 1. The van der Waals surface area contributed by atoms with Crippen LogP contribution in [-0.2, 0) is 13.5 Å². The van der Waals surface area contributed by atoms with E-state index >= 15 is 0 Å². The molecule has 0 amide bonds. The third-order valence-corrected chi connectivity index (χ3v) is 6.12. The summed E-state index contributed by atoms with van der Waals surface area (Å²) in [5.74, 6) is 1.32. The van der Waals surface area contributed by atoms with E-state index in [1.165, 1.54) is 11.6 Å². The van der Waals surface area contributed by atoms with E-state index in [1.54, 1.807) is 29.9 Å². The van der Waals surface area contributed by atoms with Crippen LogP contribution in [0.2, 0.25) is 0 Å². The van der Waals surface area contributed by atoms with Gasteiger partial charge in [-0.25, -0.2) is 9.37 Å². The predicted octanol–water partition coefficient (Wildman–Crippen LogP) is 4.21. The van der Waals surface area contributed by atoms with Gasteiger partial charge in [0.05, 0.1) is 11.1 Å². The lowest BCUT2D eigenvalue weighted by Crippen LogP contribution is -2.35. The molecule has 31 heavy (non-hydrogen) atoms. The maximum absolute atomic E-state index is 14.6. The zero-order chi connectivity index (χ0) is 21.4. The van der Waals surface area contributed by atoms with Gasteiger partial charge in [0.15, 0.2) is 5.65 Å². The summed E-state index contributed by atoms with van der Waals surface area (Å²) in [5.41, 5.74) is 9.01. The Hall–Kier alpha value is -3.48. The van der Waals surface area contributed by atoms with Crippen molar-refractivity contribution >= 4 is 22.8 Å². The summed E-state index contributed by atoms with van der Waals surface area (Å²) < 4.78 is 16.2. The van der Waals surface area contributed by atoms with Crippen LogP contribution in [0.3, 0.4) is 0 Å². The van der Waals surface area contributed by atoms with Crippen molar-refractivity contribution in [2.45, 2.75) is 19.3 Å². The first-order chi connectivity index (χ1) is 15.1. The van der Waals surface area contributed by atoms with Gasteiger partial charge in [0.2, 0.25) is 5.95 Å². The van der Waals surface area contributed by atoms with Crippen molar-refractivity contribution in [3.8, 4) is 11.3 Å². The van der Waals surface area contributed by atoms with Gasteiger partial charge in [-0.3, -0.25) is 4.68 Å². The molecule has 1 saturated heterocycles. The Morgan fingerprint density at radius 1 is 1.00 bits per heavy atom. The van der Waals surface area contributed by atoms with Crippen molar-refractivity contribution in [3.63, 3.8) is 0 Å². The Morgan fingerprint density at radius 3 is 2.45 bits per heavy atom. The molecule has 0 bridgehead atoms. The lowest BCUT2D eigenvalue weighted by molar-refractivity contribution is 0.401. The van der Waals surface area contributed by atoms with Gasteiger partial charge in [-0.1, -0.05) is 42.5 Å². The molecule has 0 radical (unpaired) electrons. The zero-order valence-corrected chi connectivity index (χ0v) is 17.5. The lowest BCUT2D eigenvalue weighted by atomic mass is 9.90. The van der Waals surface area contributed by atoms with Crippen molar-refractivity contribution in [2.24, 2.45) is 13.0 Å². The number of aromatic nitrogens is 4. The van der Waals surface area contributed by atoms with Crippen LogP contribution in [0.25, 0.3) is 22.3 Å². The summed E-state index contributed by atoms with van der Waals surface area (Å²) >= 11 is 0. The van der Waals surface area contributed by atoms with Crippen molar-refractivity contribution in [2.75, 3.05) is 23.7 Å². The van der Waals surface area contributed by atoms with Crippen LogP contribution < -0.4 is 10.6 Å². The standard InChI is InChI=1S/C24H25FN6/c1-30-22(26)20-21(18-9-5-6-10-19(18)25)27-24(28-23(20)29-30)31-13-11-17(12-14-31)15-16-7-3-2-4-8-16/h2-10,17H,11-15,26H2,1H3. The molecule has 0 spiro atoms. The van der Waals surface area contributed by atoms with Crippen LogP contribution in [-0.4, -0.2) is 32.8 Å². The second kappa shape index (κ2) is 7.98. The molecule has 3 heterocycles. The van der Waals surface area contributed by atoms with Crippen molar-refractivity contribution in [3.05, 3.63) is 66.0 Å². The van der Waals surface area contributed by atoms with Gasteiger partial charge in [-0.15, -0.1) is 0 Å². The number of aryl methyl sites for hydroxylation is 1. The van der Waals surface area contributed by atoms with E-state index in [1.807, 2.05) is 0 Å². The van der Waals surface area contributed by atoms with Crippen LogP contribution in [0.1, 0.15) is 18.4 Å². The Bertz CT molecular complexity index is 1210. The Balaban J connectivity index is 1.45. The van der Waals surface area contributed by atoms with Crippen LogP contribution >= 0.6 is 0 Å². The Morgan fingerprint density at radius 2 is 1.71 bits per heavy atom. The number of halogens is 1. The number of nitrogens with two attached hydrogens (primary N) is 1. The van der Waals surface area contributed by atoms with E-state index < -0.39 is 0 Å². The number of benzene rings is 2. The molecule has 158 valence electrons. The maximum atomic E-state index is 14.6. The van der Waals surface area contributed by atoms with Gasteiger partial charge in [-0.2, -0.15) is 10.1 Å². The van der Waals surface area contributed by atoms with Crippen molar-refractivity contribution in [1.29, 1.82) is 0 Å². The zero-order valence-electron chi connectivity index (χ0n) is 17.5. The van der Waals surface area contributed by atoms with E-state index in [4.69, 9.17) is 10.7 Å². The molecule has 2 N–H and O–H groups in total. The van der Waals surface area contributed by atoms with Gasteiger partial charge in [0.1, 0.15) is 11.6 Å². The van der Waals surface area contributed by atoms with Crippen molar-refractivity contribution < 1.29 is 4.39 Å². The minimum absolute atomic E-state index is 0.335. The van der Waals surface area contributed by atoms with Gasteiger partial charge in [-0.05, 0) is 42.9 Å². The van der Waals surface area contributed by atoms with Gasteiger partial charge < -0.3 is 10.6 Å². The molecule has 0 atom stereocenters. The van der Waals surface area contributed by atoms with Crippen LogP contribution in [0.4, 0.5) is 16.2 Å². The highest BCUT2D eigenvalue weighted by atomic mass is 19.1. The van der Waals surface area contributed by atoms with Gasteiger partial charge in [0.25, 0.3) is 0 Å². The second-order valence-electron chi connectivity index (χ2n) is 8.18. The molecule has 6 nitrogen and oxygen atoms in total. The Kier molecular flexibility index (Phi) is 5.02. The third kappa shape index (κ3) is 3.71. The molecule has 0 saturated carbocycles. The fourth-order valence-electron chi connectivity index (χ4n) is 4.38. The summed E-state index contributed by atoms with van der Waals surface area (Å²) in [5, 5.41) is 5.04. The average Bonchev–Trinajstić information content (AvgIpc) is 3.08.